The van der Waals surface area contributed by atoms with Gasteiger partial charge in [-0.2, -0.15) is 0 Å². The van der Waals surface area contributed by atoms with Crippen LogP contribution in [0.25, 0.3) is 0 Å². The smallest absolute Gasteiger partial charge is 0.218 e. The first-order valence-electron chi connectivity index (χ1n) is 3.33. The summed E-state index contributed by atoms with van der Waals surface area (Å²) in [4.78, 5) is 3.65. The van der Waals surface area contributed by atoms with Crippen LogP contribution < -0.4 is 11.2 Å². The fourth-order valence-electron chi connectivity index (χ4n) is 0.727. The zero-order chi connectivity index (χ0) is 9.84. The van der Waals surface area contributed by atoms with Gasteiger partial charge in [0.1, 0.15) is 5.82 Å². The first kappa shape index (κ1) is 9.76. The summed E-state index contributed by atoms with van der Waals surface area (Å²) in [7, 11) is 0. The van der Waals surface area contributed by atoms with E-state index in [0.29, 0.717) is 0 Å². The lowest BCUT2D eigenvalue weighted by Crippen LogP contribution is -2.27. The second-order valence-electron chi connectivity index (χ2n) is 2.20. The van der Waals surface area contributed by atoms with Crippen LogP contribution in [0.5, 0.6) is 0 Å². The number of guanidine groups is 1. The van der Waals surface area contributed by atoms with Crippen LogP contribution in [0.3, 0.4) is 0 Å². The third-order valence-electron chi connectivity index (χ3n) is 1.27. The molecule has 0 unspecified atom stereocenters. The molecule has 6 heteroatoms. The lowest BCUT2D eigenvalue weighted by atomic mass is 10.3. The number of hydroxylamine groups is 1. The minimum atomic E-state index is -0.459. The Bertz CT molecular complexity index is 343. The van der Waals surface area contributed by atoms with Gasteiger partial charge in [0.25, 0.3) is 0 Å². The van der Waals surface area contributed by atoms with Gasteiger partial charge < -0.3 is 5.73 Å². The number of rotatable bonds is 1. The Morgan fingerprint density at radius 3 is 2.85 bits per heavy atom. The summed E-state index contributed by atoms with van der Waals surface area (Å²) >= 11 is 5.62. The van der Waals surface area contributed by atoms with Crippen LogP contribution in [-0.2, 0) is 0 Å². The number of nitrogens with one attached hydrogen (secondary N) is 1. The molecule has 0 saturated carbocycles. The zero-order valence-corrected chi connectivity index (χ0v) is 7.22. The van der Waals surface area contributed by atoms with Gasteiger partial charge in [-0.25, -0.2) is 14.9 Å². The van der Waals surface area contributed by atoms with E-state index >= 15 is 0 Å². The van der Waals surface area contributed by atoms with Gasteiger partial charge in [0.2, 0.25) is 5.96 Å². The third kappa shape index (κ3) is 2.57. The molecule has 1 rings (SSSR count). The Morgan fingerprint density at radius 1 is 1.62 bits per heavy atom. The number of aliphatic imine (C=N–C) groups is 1. The standard InChI is InChI=1S/C7H7ClFN3O/c8-5-3-4(9)1-2-6(5)11-7(10)12-13/h1-3,13H,(H3,10,11,12). The van der Waals surface area contributed by atoms with Crippen molar-refractivity contribution < 1.29 is 9.60 Å². The van der Waals surface area contributed by atoms with Gasteiger partial charge in [0.15, 0.2) is 0 Å². The molecule has 0 atom stereocenters. The molecule has 0 aromatic heterocycles. The molecule has 70 valence electrons. The molecule has 0 aliphatic heterocycles. The summed E-state index contributed by atoms with van der Waals surface area (Å²) < 4.78 is 12.5. The Hall–Kier alpha value is -1.33. The van der Waals surface area contributed by atoms with Crippen LogP contribution in [0.2, 0.25) is 5.02 Å². The van der Waals surface area contributed by atoms with Crippen molar-refractivity contribution in [3.05, 3.63) is 29.0 Å². The quantitative estimate of drug-likeness (QED) is 0.367. The van der Waals surface area contributed by atoms with E-state index in [1.807, 2.05) is 0 Å². The fourth-order valence-corrected chi connectivity index (χ4v) is 0.936. The summed E-state index contributed by atoms with van der Waals surface area (Å²) in [5.74, 6) is -0.673. The molecule has 0 fully saturated rings. The molecular weight excluding hydrogens is 197 g/mol. The SMILES string of the molecule is NC(=Nc1ccc(F)cc1Cl)NO. The number of nitrogens with zero attached hydrogens (tertiary/aromatic N) is 1. The largest absolute Gasteiger partial charge is 0.368 e. The summed E-state index contributed by atoms with van der Waals surface area (Å²) in [6.45, 7) is 0. The third-order valence-corrected chi connectivity index (χ3v) is 1.57. The van der Waals surface area contributed by atoms with Crippen molar-refractivity contribution in [2.45, 2.75) is 0 Å². The van der Waals surface area contributed by atoms with Gasteiger partial charge >= 0.3 is 0 Å². The van der Waals surface area contributed by atoms with E-state index in [4.69, 9.17) is 22.5 Å². The summed E-state index contributed by atoms with van der Waals surface area (Å²) in [5, 5.41) is 8.44. The number of hydrogen-bond acceptors (Lipinski definition) is 2. The Labute approximate surface area is 78.8 Å². The first-order valence-corrected chi connectivity index (χ1v) is 3.70. The Balaban J connectivity index is 3.03. The predicted molar refractivity (Wildman–Crippen MR) is 47.6 cm³/mol. The second-order valence-corrected chi connectivity index (χ2v) is 2.61. The summed E-state index contributed by atoms with van der Waals surface area (Å²) in [6, 6.07) is 3.64. The minimum Gasteiger partial charge on any atom is -0.368 e. The number of halogens is 2. The van der Waals surface area contributed by atoms with Gasteiger partial charge in [-0.05, 0) is 18.2 Å². The highest BCUT2D eigenvalue weighted by atomic mass is 35.5. The molecule has 1 aromatic rings. The van der Waals surface area contributed by atoms with Crippen LogP contribution in [0, 0.1) is 5.82 Å². The van der Waals surface area contributed by atoms with Crippen LogP contribution >= 0.6 is 11.6 Å². The molecule has 0 amide bonds. The number of benzene rings is 1. The molecule has 0 heterocycles. The zero-order valence-electron chi connectivity index (χ0n) is 6.46. The molecule has 0 spiro atoms. The highest BCUT2D eigenvalue weighted by Crippen LogP contribution is 2.24. The van der Waals surface area contributed by atoms with Crippen molar-refractivity contribution in [3.8, 4) is 0 Å². The van der Waals surface area contributed by atoms with E-state index < -0.39 is 5.82 Å². The van der Waals surface area contributed by atoms with Crippen LogP contribution in [0.1, 0.15) is 0 Å². The Morgan fingerprint density at radius 2 is 2.31 bits per heavy atom. The fraction of sp³-hybridized carbons (Fsp3) is 0. The normalized spacial score (nSPS) is 11.5. The summed E-state index contributed by atoms with van der Waals surface area (Å²) in [5.41, 5.74) is 7.06. The van der Waals surface area contributed by atoms with E-state index in [2.05, 4.69) is 4.99 Å². The van der Waals surface area contributed by atoms with Crippen molar-refractivity contribution in [1.82, 2.24) is 5.48 Å². The number of hydrogen-bond donors (Lipinski definition) is 3. The molecule has 4 nitrogen and oxygen atoms in total. The molecule has 0 aliphatic rings. The molecule has 0 aliphatic carbocycles. The van der Waals surface area contributed by atoms with Crippen molar-refractivity contribution in [2.24, 2.45) is 10.7 Å². The Kier molecular flexibility index (Phi) is 3.05. The van der Waals surface area contributed by atoms with E-state index in [9.17, 15) is 4.39 Å². The monoisotopic (exact) mass is 203 g/mol. The van der Waals surface area contributed by atoms with Crippen LogP contribution in [0.15, 0.2) is 23.2 Å². The highest BCUT2D eigenvalue weighted by Gasteiger charge is 2.00. The highest BCUT2D eigenvalue weighted by molar-refractivity contribution is 6.33. The van der Waals surface area contributed by atoms with E-state index in [-0.39, 0.29) is 16.7 Å². The van der Waals surface area contributed by atoms with Crippen molar-refractivity contribution in [2.75, 3.05) is 0 Å². The van der Waals surface area contributed by atoms with E-state index in [0.717, 1.165) is 6.07 Å². The van der Waals surface area contributed by atoms with Crippen LogP contribution in [0.4, 0.5) is 10.1 Å². The van der Waals surface area contributed by atoms with Crippen molar-refractivity contribution in [3.63, 3.8) is 0 Å². The van der Waals surface area contributed by atoms with Gasteiger partial charge in [0.05, 0.1) is 10.7 Å². The average Bonchev–Trinajstić information content (AvgIpc) is 2.09. The van der Waals surface area contributed by atoms with Gasteiger partial charge in [-0.1, -0.05) is 11.6 Å². The lowest BCUT2D eigenvalue weighted by Gasteiger charge is -1.99. The van der Waals surface area contributed by atoms with Gasteiger partial charge in [-0.3, -0.25) is 5.21 Å². The van der Waals surface area contributed by atoms with Gasteiger partial charge in [-0.15, -0.1) is 0 Å². The van der Waals surface area contributed by atoms with Crippen molar-refractivity contribution >= 4 is 23.2 Å². The molecule has 13 heavy (non-hydrogen) atoms. The molecule has 0 saturated heterocycles. The van der Waals surface area contributed by atoms with E-state index in [1.165, 1.54) is 12.1 Å². The van der Waals surface area contributed by atoms with Gasteiger partial charge in [0, 0.05) is 0 Å². The molecule has 4 N–H and O–H groups in total. The lowest BCUT2D eigenvalue weighted by molar-refractivity contribution is 0.233. The average molecular weight is 204 g/mol. The van der Waals surface area contributed by atoms with Crippen molar-refractivity contribution in [1.29, 1.82) is 0 Å². The van der Waals surface area contributed by atoms with E-state index in [1.54, 1.807) is 5.48 Å². The maximum Gasteiger partial charge on any atom is 0.218 e. The van der Waals surface area contributed by atoms with Crippen LogP contribution in [-0.4, -0.2) is 11.2 Å². The second kappa shape index (κ2) is 4.06. The first-order chi connectivity index (χ1) is 6.13. The maximum atomic E-state index is 12.5. The minimum absolute atomic E-state index is 0.123. The number of nitrogens with two attached hydrogens (primary N) is 1. The molecular formula is C7H7ClFN3O. The molecule has 0 bridgehead atoms. The predicted octanol–water partition coefficient (Wildman–Crippen LogP) is 1.40. The molecule has 1 aromatic carbocycles. The maximum absolute atomic E-state index is 12.5. The summed E-state index contributed by atoms with van der Waals surface area (Å²) in [6.07, 6.45) is 0. The molecule has 0 radical (unpaired) electrons. The topological polar surface area (TPSA) is 70.6 Å².